The molecule has 2 unspecified atom stereocenters. The molecule has 4 nitrogen and oxygen atoms in total. The zero-order valence-electron chi connectivity index (χ0n) is 10.5. The summed E-state index contributed by atoms with van der Waals surface area (Å²) < 4.78 is 5.20. The lowest BCUT2D eigenvalue weighted by atomic mass is 10.1. The lowest BCUT2D eigenvalue weighted by Crippen LogP contribution is -2.32. The van der Waals surface area contributed by atoms with Crippen LogP contribution < -0.4 is 10.5 Å². The molecular weight excluding hydrogens is 252 g/mol. The number of carbonyl (C=O) groups excluding carboxylic acids is 1. The van der Waals surface area contributed by atoms with Gasteiger partial charge in [0.15, 0.2) is 0 Å². The molecule has 1 heterocycles. The molecule has 0 aromatic heterocycles. The molecule has 1 aromatic rings. The molecule has 98 valence electrons. The minimum Gasteiger partial charge on any atom is -0.496 e. The Morgan fingerprint density at radius 1 is 1.50 bits per heavy atom. The highest BCUT2D eigenvalue weighted by molar-refractivity contribution is 6.31. The summed E-state index contributed by atoms with van der Waals surface area (Å²) >= 11 is 5.93. The van der Waals surface area contributed by atoms with Crippen molar-refractivity contribution in [2.45, 2.75) is 13.0 Å². The fourth-order valence-electron chi connectivity index (χ4n) is 2.18. The number of methoxy groups -OCH3 is 1. The highest BCUT2D eigenvalue weighted by Gasteiger charge is 2.31. The number of nitrogens with zero attached hydrogens (tertiary/aromatic N) is 1. The van der Waals surface area contributed by atoms with Crippen LogP contribution >= 0.6 is 11.6 Å². The summed E-state index contributed by atoms with van der Waals surface area (Å²) in [7, 11) is 1.54. The zero-order chi connectivity index (χ0) is 13.3. The second kappa shape index (κ2) is 5.16. The molecule has 5 heteroatoms. The van der Waals surface area contributed by atoms with Gasteiger partial charge < -0.3 is 15.4 Å². The lowest BCUT2D eigenvalue weighted by molar-refractivity contribution is 0.0783. The second-order valence-corrected chi connectivity index (χ2v) is 5.13. The van der Waals surface area contributed by atoms with Crippen LogP contribution in [-0.2, 0) is 0 Å². The summed E-state index contributed by atoms with van der Waals surface area (Å²) in [5, 5.41) is 0.524. The van der Waals surface area contributed by atoms with E-state index in [-0.39, 0.29) is 11.9 Å². The number of nitrogens with two attached hydrogens (primary N) is 1. The topological polar surface area (TPSA) is 55.6 Å². The van der Waals surface area contributed by atoms with Gasteiger partial charge in [-0.2, -0.15) is 0 Å². The molecule has 0 bridgehead atoms. The van der Waals surface area contributed by atoms with Crippen molar-refractivity contribution >= 4 is 17.5 Å². The van der Waals surface area contributed by atoms with Crippen molar-refractivity contribution in [3.8, 4) is 5.75 Å². The van der Waals surface area contributed by atoms with Crippen LogP contribution in [0.2, 0.25) is 5.02 Å². The standard InChI is InChI=1S/C13H17ClN2O2/c1-8-6-16(7-11(8)15)13(17)10-5-9(14)3-4-12(10)18-2/h3-5,8,11H,6-7,15H2,1-2H3. The van der Waals surface area contributed by atoms with Gasteiger partial charge in [-0.15, -0.1) is 0 Å². The molecule has 0 saturated carbocycles. The molecule has 1 fully saturated rings. The molecular formula is C13H17ClN2O2. The summed E-state index contributed by atoms with van der Waals surface area (Å²) in [4.78, 5) is 14.2. The quantitative estimate of drug-likeness (QED) is 0.889. The van der Waals surface area contributed by atoms with Gasteiger partial charge in [0.2, 0.25) is 0 Å². The van der Waals surface area contributed by atoms with Gasteiger partial charge in [0, 0.05) is 24.2 Å². The van der Waals surface area contributed by atoms with E-state index >= 15 is 0 Å². The highest BCUT2D eigenvalue weighted by atomic mass is 35.5. The Hall–Kier alpha value is -1.26. The molecule has 2 atom stereocenters. The van der Waals surface area contributed by atoms with Crippen molar-refractivity contribution in [1.82, 2.24) is 4.90 Å². The van der Waals surface area contributed by atoms with Gasteiger partial charge in [-0.1, -0.05) is 18.5 Å². The zero-order valence-corrected chi connectivity index (χ0v) is 11.3. The Kier molecular flexibility index (Phi) is 3.78. The van der Waals surface area contributed by atoms with Crippen LogP contribution in [0.5, 0.6) is 5.75 Å². The maximum absolute atomic E-state index is 12.4. The molecule has 1 aliphatic heterocycles. The van der Waals surface area contributed by atoms with Crippen LogP contribution in [0.15, 0.2) is 18.2 Å². The van der Waals surface area contributed by atoms with E-state index in [9.17, 15) is 4.79 Å². The monoisotopic (exact) mass is 268 g/mol. The summed E-state index contributed by atoms with van der Waals surface area (Å²) in [6.45, 7) is 3.30. The number of carbonyl (C=O) groups is 1. The van der Waals surface area contributed by atoms with E-state index in [4.69, 9.17) is 22.1 Å². The normalized spacial score (nSPS) is 23.2. The fraction of sp³-hybridized carbons (Fsp3) is 0.462. The Balaban J connectivity index is 2.26. The number of likely N-dealkylation sites (tertiary alicyclic amines) is 1. The van der Waals surface area contributed by atoms with E-state index in [1.165, 1.54) is 0 Å². The van der Waals surface area contributed by atoms with Crippen molar-refractivity contribution in [3.05, 3.63) is 28.8 Å². The Labute approximate surface area is 112 Å². The number of rotatable bonds is 2. The predicted octanol–water partition coefficient (Wildman–Crippen LogP) is 1.77. The van der Waals surface area contributed by atoms with Crippen LogP contribution in [0.3, 0.4) is 0 Å². The molecule has 2 rings (SSSR count). The molecule has 0 spiro atoms. The average Bonchev–Trinajstić information content (AvgIpc) is 2.68. The SMILES string of the molecule is COc1ccc(Cl)cc1C(=O)N1CC(C)C(N)C1. The number of benzene rings is 1. The molecule has 0 aliphatic carbocycles. The van der Waals surface area contributed by atoms with Gasteiger partial charge in [0.1, 0.15) is 5.75 Å². The van der Waals surface area contributed by atoms with Gasteiger partial charge in [-0.3, -0.25) is 4.79 Å². The number of ether oxygens (including phenoxy) is 1. The van der Waals surface area contributed by atoms with E-state index < -0.39 is 0 Å². The Bertz CT molecular complexity index is 454. The molecule has 2 N–H and O–H groups in total. The van der Waals surface area contributed by atoms with Gasteiger partial charge in [0.25, 0.3) is 5.91 Å². The van der Waals surface area contributed by atoms with Crippen LogP contribution in [0.4, 0.5) is 0 Å². The van der Waals surface area contributed by atoms with E-state index in [1.807, 2.05) is 6.92 Å². The van der Waals surface area contributed by atoms with Gasteiger partial charge >= 0.3 is 0 Å². The number of halogens is 1. The van der Waals surface area contributed by atoms with Crippen LogP contribution in [0.1, 0.15) is 17.3 Å². The fourth-order valence-corrected chi connectivity index (χ4v) is 2.35. The smallest absolute Gasteiger partial charge is 0.257 e. The van der Waals surface area contributed by atoms with Gasteiger partial charge in [0.05, 0.1) is 12.7 Å². The third kappa shape index (κ3) is 2.44. The minimum atomic E-state index is -0.0749. The second-order valence-electron chi connectivity index (χ2n) is 4.70. The van der Waals surface area contributed by atoms with Crippen molar-refractivity contribution in [2.75, 3.05) is 20.2 Å². The van der Waals surface area contributed by atoms with E-state index in [0.29, 0.717) is 35.3 Å². The van der Waals surface area contributed by atoms with Crippen LogP contribution in [0, 0.1) is 5.92 Å². The van der Waals surface area contributed by atoms with Crippen LogP contribution in [0.25, 0.3) is 0 Å². The summed E-state index contributed by atoms with van der Waals surface area (Å²) in [6, 6.07) is 5.08. The number of hydrogen-bond acceptors (Lipinski definition) is 3. The van der Waals surface area contributed by atoms with Crippen molar-refractivity contribution in [3.63, 3.8) is 0 Å². The maximum atomic E-state index is 12.4. The molecule has 1 aromatic carbocycles. The van der Waals surface area contributed by atoms with E-state index in [1.54, 1.807) is 30.2 Å². The van der Waals surface area contributed by atoms with Crippen molar-refractivity contribution < 1.29 is 9.53 Å². The lowest BCUT2D eigenvalue weighted by Gasteiger charge is -2.17. The van der Waals surface area contributed by atoms with Crippen molar-refractivity contribution in [1.29, 1.82) is 0 Å². The van der Waals surface area contributed by atoms with Gasteiger partial charge in [-0.05, 0) is 24.1 Å². The first-order valence-electron chi connectivity index (χ1n) is 5.91. The third-order valence-electron chi connectivity index (χ3n) is 3.35. The maximum Gasteiger partial charge on any atom is 0.257 e. The van der Waals surface area contributed by atoms with Crippen LogP contribution in [-0.4, -0.2) is 37.0 Å². The molecule has 0 radical (unpaired) electrons. The first-order chi connectivity index (χ1) is 8.52. The highest BCUT2D eigenvalue weighted by Crippen LogP contribution is 2.26. The summed E-state index contributed by atoms with van der Waals surface area (Å²) in [5.74, 6) is 0.783. The first kappa shape index (κ1) is 13.2. The molecule has 18 heavy (non-hydrogen) atoms. The summed E-state index contributed by atoms with van der Waals surface area (Å²) in [6.07, 6.45) is 0. The third-order valence-corrected chi connectivity index (χ3v) is 3.58. The molecule has 1 amide bonds. The minimum absolute atomic E-state index is 0.0409. The number of amides is 1. The Morgan fingerprint density at radius 2 is 2.22 bits per heavy atom. The largest absolute Gasteiger partial charge is 0.496 e. The molecule has 1 saturated heterocycles. The van der Waals surface area contributed by atoms with E-state index in [0.717, 1.165) is 0 Å². The molecule has 1 aliphatic rings. The first-order valence-corrected chi connectivity index (χ1v) is 6.29. The number of hydrogen-bond donors (Lipinski definition) is 1. The predicted molar refractivity (Wildman–Crippen MR) is 71.0 cm³/mol. The Morgan fingerprint density at radius 3 is 2.78 bits per heavy atom. The van der Waals surface area contributed by atoms with E-state index in [2.05, 4.69) is 0 Å². The van der Waals surface area contributed by atoms with Crippen molar-refractivity contribution in [2.24, 2.45) is 11.7 Å². The van der Waals surface area contributed by atoms with Gasteiger partial charge in [-0.25, -0.2) is 0 Å². The average molecular weight is 269 g/mol. The summed E-state index contributed by atoms with van der Waals surface area (Å²) in [5.41, 5.74) is 6.43.